The molecule has 2 N–H and O–H groups in total. The van der Waals surface area contributed by atoms with Crippen LogP contribution in [0.15, 0.2) is 22.5 Å². The van der Waals surface area contributed by atoms with Crippen molar-refractivity contribution in [3.8, 4) is 0 Å². The molecule has 0 saturated carbocycles. The molecule has 0 unspecified atom stereocenters. The van der Waals surface area contributed by atoms with Gasteiger partial charge in [-0.15, -0.1) is 45.5 Å². The highest BCUT2D eigenvalue weighted by molar-refractivity contribution is 14.0. The van der Waals surface area contributed by atoms with Crippen LogP contribution in [-0.4, -0.2) is 33.9 Å². The average Bonchev–Trinajstić information content (AvgIpc) is 3.14. The summed E-state index contributed by atoms with van der Waals surface area (Å²) in [6, 6.07) is 4.07. The molecule has 0 atom stereocenters. The van der Waals surface area contributed by atoms with E-state index < -0.39 is 0 Å². The first-order valence-electron chi connectivity index (χ1n) is 7.16. The van der Waals surface area contributed by atoms with E-state index in [4.69, 9.17) is 0 Å². The highest BCUT2D eigenvalue weighted by atomic mass is 127. The van der Waals surface area contributed by atoms with Crippen LogP contribution in [0.5, 0.6) is 0 Å². The number of thiophene rings is 1. The van der Waals surface area contributed by atoms with Gasteiger partial charge < -0.3 is 15.2 Å². The quantitative estimate of drug-likeness (QED) is 0.293. The number of aromatic nitrogens is 3. The van der Waals surface area contributed by atoms with Crippen LogP contribution in [0.4, 0.5) is 4.39 Å². The zero-order valence-electron chi connectivity index (χ0n) is 13.3. The topological polar surface area (TPSA) is 67.1 Å². The molecule has 6 nitrogen and oxygen atoms in total. The largest absolute Gasteiger partial charge is 0.356 e. The minimum atomic E-state index is -0.340. The van der Waals surface area contributed by atoms with Crippen molar-refractivity contribution < 1.29 is 4.39 Å². The van der Waals surface area contributed by atoms with Gasteiger partial charge in [-0.05, 0) is 24.8 Å². The number of nitrogens with zero attached hydrogens (tertiary/aromatic N) is 4. The summed E-state index contributed by atoms with van der Waals surface area (Å²) < 4.78 is 14.1. The number of hydrogen-bond acceptors (Lipinski definition) is 4. The van der Waals surface area contributed by atoms with Gasteiger partial charge in [0.25, 0.3) is 0 Å². The fraction of sp³-hybridized carbons (Fsp3) is 0.500. The van der Waals surface area contributed by atoms with E-state index in [9.17, 15) is 4.39 Å². The Hall–Kier alpha value is -1.23. The van der Waals surface area contributed by atoms with Gasteiger partial charge in [-0.3, -0.25) is 4.39 Å². The lowest BCUT2D eigenvalue weighted by atomic mass is 10.4. The van der Waals surface area contributed by atoms with Crippen LogP contribution in [0, 0.1) is 6.92 Å². The summed E-state index contributed by atoms with van der Waals surface area (Å²) in [6.07, 6.45) is 0.461. The summed E-state index contributed by atoms with van der Waals surface area (Å²) in [4.78, 5) is 5.71. The number of hydrogen-bond donors (Lipinski definition) is 2. The summed E-state index contributed by atoms with van der Waals surface area (Å²) in [5.41, 5.74) is 0. The van der Waals surface area contributed by atoms with Gasteiger partial charge in [0.15, 0.2) is 11.8 Å². The van der Waals surface area contributed by atoms with Crippen LogP contribution < -0.4 is 10.6 Å². The zero-order chi connectivity index (χ0) is 15.8. The lowest BCUT2D eigenvalue weighted by Gasteiger charge is -2.11. The molecule has 2 heterocycles. The first kappa shape index (κ1) is 19.8. The molecule has 0 aliphatic carbocycles. The molecule has 0 aliphatic rings. The van der Waals surface area contributed by atoms with E-state index in [0.29, 0.717) is 32.0 Å². The molecule has 2 aromatic rings. The molecule has 0 spiro atoms. The second-order valence-electron chi connectivity index (χ2n) is 4.79. The molecule has 2 aromatic heterocycles. The second-order valence-corrected chi connectivity index (χ2v) is 5.82. The maximum absolute atomic E-state index is 12.2. The Kier molecular flexibility index (Phi) is 9.07. The normalized spacial score (nSPS) is 11.2. The van der Waals surface area contributed by atoms with Gasteiger partial charge in [-0.2, -0.15) is 0 Å². The number of aryl methyl sites for hydroxylation is 1. The molecule has 0 radical (unpaired) electrons. The monoisotopic (exact) mass is 452 g/mol. The van der Waals surface area contributed by atoms with E-state index in [2.05, 4.69) is 31.9 Å². The minimum absolute atomic E-state index is 0. The van der Waals surface area contributed by atoms with Crippen molar-refractivity contribution >= 4 is 41.3 Å². The number of aliphatic imine (C=N–C) groups is 1. The minimum Gasteiger partial charge on any atom is -0.356 e. The van der Waals surface area contributed by atoms with Gasteiger partial charge >= 0.3 is 0 Å². The Balaban J connectivity index is 0.00000264. The molecular weight excluding hydrogens is 430 g/mol. The summed E-state index contributed by atoms with van der Waals surface area (Å²) in [6.45, 7) is 3.22. The van der Waals surface area contributed by atoms with Gasteiger partial charge in [0.1, 0.15) is 12.4 Å². The third-order valence-corrected chi connectivity index (χ3v) is 4.05. The van der Waals surface area contributed by atoms with Crippen molar-refractivity contribution in [1.82, 2.24) is 25.4 Å². The van der Waals surface area contributed by atoms with Gasteiger partial charge in [0.05, 0.1) is 13.2 Å². The second kappa shape index (κ2) is 10.5. The summed E-state index contributed by atoms with van der Waals surface area (Å²) in [5, 5.41) is 16.5. The van der Waals surface area contributed by atoms with Crippen molar-refractivity contribution in [2.24, 2.45) is 12.0 Å². The molecule has 128 valence electrons. The van der Waals surface area contributed by atoms with Gasteiger partial charge in [0.2, 0.25) is 0 Å². The molecule has 0 amide bonds. The van der Waals surface area contributed by atoms with Crippen molar-refractivity contribution in [3.63, 3.8) is 0 Å². The number of rotatable bonds is 7. The highest BCUT2D eigenvalue weighted by Crippen LogP contribution is 2.07. The molecule has 0 aliphatic heterocycles. The Morgan fingerprint density at radius 3 is 2.83 bits per heavy atom. The molecular formula is C14H22FIN6S. The van der Waals surface area contributed by atoms with Crippen LogP contribution >= 0.6 is 35.3 Å². The van der Waals surface area contributed by atoms with Crippen LogP contribution in [0.1, 0.15) is 22.9 Å². The first-order chi connectivity index (χ1) is 10.7. The maximum atomic E-state index is 12.2. The molecule has 0 saturated heterocycles. The van der Waals surface area contributed by atoms with Crippen LogP contribution in [0.25, 0.3) is 0 Å². The lowest BCUT2D eigenvalue weighted by Crippen LogP contribution is -2.37. The number of alkyl halides is 1. The molecule has 0 fully saturated rings. The highest BCUT2D eigenvalue weighted by Gasteiger charge is 2.05. The van der Waals surface area contributed by atoms with E-state index in [0.717, 1.165) is 11.6 Å². The molecule has 0 aromatic carbocycles. The third kappa shape index (κ3) is 6.42. The Bertz CT molecular complexity index is 598. The number of halogens is 2. The predicted octanol–water partition coefficient (Wildman–Crippen LogP) is 2.40. The fourth-order valence-electron chi connectivity index (χ4n) is 1.77. The third-order valence-electron chi connectivity index (χ3n) is 3.17. The first-order valence-corrected chi connectivity index (χ1v) is 8.04. The average molecular weight is 452 g/mol. The molecule has 0 bridgehead atoms. The lowest BCUT2D eigenvalue weighted by molar-refractivity contribution is 0.470. The smallest absolute Gasteiger partial charge is 0.192 e. The summed E-state index contributed by atoms with van der Waals surface area (Å²) in [7, 11) is 1.91. The summed E-state index contributed by atoms with van der Waals surface area (Å²) in [5.74, 6) is 2.30. The van der Waals surface area contributed by atoms with Gasteiger partial charge in [-0.25, -0.2) is 4.99 Å². The van der Waals surface area contributed by atoms with E-state index in [1.807, 2.05) is 30.0 Å². The van der Waals surface area contributed by atoms with Crippen molar-refractivity contribution in [2.45, 2.75) is 26.4 Å². The zero-order valence-corrected chi connectivity index (χ0v) is 16.4. The van der Waals surface area contributed by atoms with Crippen molar-refractivity contribution in [2.75, 3.05) is 13.2 Å². The van der Waals surface area contributed by atoms with E-state index in [-0.39, 0.29) is 30.7 Å². The standard InChI is InChI=1S/C14H21FN6S.HI/c1-11-19-20-13(21(11)2)10-18-14(16-7-4-6-15)17-9-12-5-3-8-22-12;/h3,5,8H,4,6-7,9-10H2,1-2H3,(H2,16,17,18);1H. The Morgan fingerprint density at radius 1 is 1.39 bits per heavy atom. The van der Waals surface area contributed by atoms with Gasteiger partial charge in [0, 0.05) is 18.5 Å². The summed E-state index contributed by atoms with van der Waals surface area (Å²) >= 11 is 1.68. The number of nitrogens with one attached hydrogen (secondary N) is 2. The van der Waals surface area contributed by atoms with Crippen molar-refractivity contribution in [3.05, 3.63) is 34.0 Å². The molecule has 2 rings (SSSR count). The van der Waals surface area contributed by atoms with E-state index in [1.54, 1.807) is 11.3 Å². The van der Waals surface area contributed by atoms with E-state index >= 15 is 0 Å². The van der Waals surface area contributed by atoms with Crippen LogP contribution in [0.2, 0.25) is 0 Å². The van der Waals surface area contributed by atoms with Crippen LogP contribution in [-0.2, 0) is 20.1 Å². The molecule has 9 heteroatoms. The SMILES string of the molecule is Cc1nnc(CN=C(NCCCF)NCc2cccs2)n1C.I. The molecule has 23 heavy (non-hydrogen) atoms. The van der Waals surface area contributed by atoms with Crippen LogP contribution in [0.3, 0.4) is 0 Å². The van der Waals surface area contributed by atoms with Crippen molar-refractivity contribution in [1.29, 1.82) is 0 Å². The maximum Gasteiger partial charge on any atom is 0.192 e. The van der Waals surface area contributed by atoms with Gasteiger partial charge in [-0.1, -0.05) is 6.07 Å². The fourth-order valence-corrected chi connectivity index (χ4v) is 2.41. The predicted molar refractivity (Wildman–Crippen MR) is 102 cm³/mol. The van der Waals surface area contributed by atoms with E-state index in [1.165, 1.54) is 4.88 Å². The number of guanidine groups is 1. The Morgan fingerprint density at radius 2 is 2.22 bits per heavy atom. The Labute approximate surface area is 156 Å².